The maximum Gasteiger partial charge on any atom is 0.223 e. The fraction of sp³-hybridized carbons (Fsp3) is 0.643. The molecule has 5 heteroatoms. The number of hydrogen-bond acceptors (Lipinski definition) is 4. The molecule has 2 aliphatic carbocycles. The summed E-state index contributed by atoms with van der Waals surface area (Å²) in [7, 11) is 0. The van der Waals surface area contributed by atoms with Crippen molar-refractivity contribution >= 4 is 5.91 Å². The highest BCUT2D eigenvalue weighted by molar-refractivity contribution is 5.78. The monoisotopic (exact) mass is 260 g/mol. The molecule has 2 atom stereocenters. The summed E-state index contributed by atoms with van der Waals surface area (Å²) in [5.74, 6) is 0.887. The minimum Gasteiger partial charge on any atom is -0.349 e. The Bertz CT molecular complexity index is 488. The van der Waals surface area contributed by atoms with Crippen molar-refractivity contribution < 1.29 is 4.79 Å². The molecule has 1 heterocycles. The number of carbonyl (C=O) groups excluding carboxylic acids is 1. The molecule has 5 nitrogen and oxygen atoms in total. The Morgan fingerprint density at radius 3 is 3.11 bits per heavy atom. The lowest BCUT2D eigenvalue weighted by atomic mass is 10.1. The highest BCUT2D eigenvalue weighted by Gasteiger charge is 2.27. The molecule has 0 unspecified atom stereocenters. The van der Waals surface area contributed by atoms with Gasteiger partial charge in [-0.1, -0.05) is 0 Å². The quantitative estimate of drug-likeness (QED) is 0.838. The molecular weight excluding hydrogens is 240 g/mol. The number of aryl methyl sites for hydroxylation is 2. The number of rotatable bonds is 3. The van der Waals surface area contributed by atoms with E-state index in [-0.39, 0.29) is 17.9 Å². The van der Waals surface area contributed by atoms with E-state index in [1.54, 1.807) is 0 Å². The van der Waals surface area contributed by atoms with Gasteiger partial charge in [0.05, 0.1) is 6.54 Å². The van der Waals surface area contributed by atoms with Gasteiger partial charge >= 0.3 is 0 Å². The van der Waals surface area contributed by atoms with E-state index in [1.165, 1.54) is 12.0 Å². The predicted octanol–water partition coefficient (Wildman–Crippen LogP) is 0.709. The summed E-state index contributed by atoms with van der Waals surface area (Å²) in [5.41, 5.74) is 8.24. The average molecular weight is 260 g/mol. The van der Waals surface area contributed by atoms with Crippen LogP contribution in [-0.4, -0.2) is 21.9 Å². The first-order valence-corrected chi connectivity index (χ1v) is 7.09. The number of carbonyl (C=O) groups is 1. The Balaban J connectivity index is 1.56. The van der Waals surface area contributed by atoms with E-state index in [4.69, 9.17) is 5.73 Å². The van der Waals surface area contributed by atoms with Crippen LogP contribution in [0.15, 0.2) is 6.20 Å². The molecule has 1 aromatic rings. The fourth-order valence-electron chi connectivity index (χ4n) is 3.01. The molecule has 0 radical (unpaired) electrons. The number of nitrogens with zero attached hydrogens (tertiary/aromatic N) is 2. The lowest BCUT2D eigenvalue weighted by Crippen LogP contribution is -2.30. The van der Waals surface area contributed by atoms with Gasteiger partial charge in [-0.05, 0) is 44.1 Å². The molecule has 0 bridgehead atoms. The van der Waals surface area contributed by atoms with Crippen molar-refractivity contribution in [1.82, 2.24) is 15.3 Å². The van der Waals surface area contributed by atoms with Crippen LogP contribution in [0.1, 0.15) is 42.8 Å². The molecule has 1 amide bonds. The number of hydrogen-bond donors (Lipinski definition) is 2. The molecule has 3 N–H and O–H groups in total. The Labute approximate surface area is 113 Å². The van der Waals surface area contributed by atoms with Crippen molar-refractivity contribution in [3.63, 3.8) is 0 Å². The van der Waals surface area contributed by atoms with Crippen molar-refractivity contribution in [3.05, 3.63) is 23.3 Å². The van der Waals surface area contributed by atoms with Gasteiger partial charge in [-0.2, -0.15) is 0 Å². The summed E-state index contributed by atoms with van der Waals surface area (Å²) in [6.07, 6.45) is 7.85. The summed E-state index contributed by atoms with van der Waals surface area (Å²) in [4.78, 5) is 20.8. The van der Waals surface area contributed by atoms with Crippen molar-refractivity contribution in [2.24, 2.45) is 11.7 Å². The lowest BCUT2D eigenvalue weighted by Gasteiger charge is -2.10. The van der Waals surface area contributed by atoms with E-state index < -0.39 is 0 Å². The van der Waals surface area contributed by atoms with Crippen LogP contribution in [0.25, 0.3) is 0 Å². The first-order chi connectivity index (χ1) is 9.22. The molecule has 19 heavy (non-hydrogen) atoms. The molecule has 1 saturated carbocycles. The average Bonchev–Trinajstić information content (AvgIpc) is 3.03. The number of amides is 1. The molecular formula is C14H20N4O. The summed E-state index contributed by atoms with van der Waals surface area (Å²) < 4.78 is 0. The normalized spacial score (nSPS) is 25.3. The maximum atomic E-state index is 12.0. The Morgan fingerprint density at radius 1 is 1.42 bits per heavy atom. The Morgan fingerprint density at radius 2 is 2.32 bits per heavy atom. The van der Waals surface area contributed by atoms with E-state index in [9.17, 15) is 4.79 Å². The van der Waals surface area contributed by atoms with Gasteiger partial charge in [0.1, 0.15) is 5.82 Å². The second-order valence-electron chi connectivity index (χ2n) is 5.60. The molecule has 0 aromatic carbocycles. The minimum absolute atomic E-state index is 0.0735. The summed E-state index contributed by atoms with van der Waals surface area (Å²) in [6.45, 7) is 0.428. The Kier molecular flexibility index (Phi) is 3.46. The van der Waals surface area contributed by atoms with Crippen LogP contribution < -0.4 is 11.1 Å². The standard InChI is InChI=1S/C14H20N4O/c15-11-5-4-9(6-11)14(19)17-8-13-16-7-10-2-1-3-12(10)18-13/h7,9,11H,1-6,8,15H2,(H,17,19)/t9-,11+/m0/s1. The zero-order chi connectivity index (χ0) is 13.2. The van der Waals surface area contributed by atoms with E-state index in [0.29, 0.717) is 6.54 Å². The third kappa shape index (κ3) is 2.76. The lowest BCUT2D eigenvalue weighted by molar-refractivity contribution is -0.125. The molecule has 0 spiro atoms. The highest BCUT2D eigenvalue weighted by Crippen LogP contribution is 2.24. The van der Waals surface area contributed by atoms with Crippen LogP contribution in [0.4, 0.5) is 0 Å². The van der Waals surface area contributed by atoms with Gasteiger partial charge in [-0.3, -0.25) is 4.79 Å². The summed E-state index contributed by atoms with van der Waals surface area (Å²) in [5, 5.41) is 2.93. The molecule has 0 saturated heterocycles. The molecule has 3 rings (SSSR count). The summed E-state index contributed by atoms with van der Waals surface area (Å²) >= 11 is 0. The third-order valence-electron chi connectivity index (χ3n) is 4.13. The van der Waals surface area contributed by atoms with Crippen molar-refractivity contribution in [2.75, 3.05) is 0 Å². The predicted molar refractivity (Wildman–Crippen MR) is 71.2 cm³/mol. The van der Waals surface area contributed by atoms with Gasteiger partial charge in [-0.25, -0.2) is 9.97 Å². The smallest absolute Gasteiger partial charge is 0.223 e. The van der Waals surface area contributed by atoms with E-state index in [0.717, 1.165) is 43.6 Å². The fourth-order valence-corrected chi connectivity index (χ4v) is 3.01. The first kappa shape index (κ1) is 12.5. The van der Waals surface area contributed by atoms with Crippen LogP contribution >= 0.6 is 0 Å². The molecule has 2 aliphatic rings. The second kappa shape index (κ2) is 5.25. The van der Waals surface area contributed by atoms with E-state index in [2.05, 4.69) is 15.3 Å². The van der Waals surface area contributed by atoms with E-state index >= 15 is 0 Å². The second-order valence-corrected chi connectivity index (χ2v) is 5.60. The van der Waals surface area contributed by atoms with Gasteiger partial charge in [0.25, 0.3) is 0 Å². The molecule has 1 aromatic heterocycles. The van der Waals surface area contributed by atoms with Gasteiger partial charge < -0.3 is 11.1 Å². The number of fused-ring (bicyclic) bond motifs is 1. The highest BCUT2D eigenvalue weighted by atomic mass is 16.1. The minimum atomic E-state index is 0.0735. The van der Waals surface area contributed by atoms with Gasteiger partial charge in [-0.15, -0.1) is 0 Å². The topological polar surface area (TPSA) is 80.9 Å². The van der Waals surface area contributed by atoms with Crippen molar-refractivity contribution in [3.8, 4) is 0 Å². The largest absolute Gasteiger partial charge is 0.349 e. The Hall–Kier alpha value is -1.49. The van der Waals surface area contributed by atoms with Crippen molar-refractivity contribution in [2.45, 2.75) is 51.1 Å². The molecule has 102 valence electrons. The number of aromatic nitrogens is 2. The van der Waals surface area contributed by atoms with Crippen LogP contribution in [-0.2, 0) is 24.2 Å². The molecule has 1 fully saturated rings. The zero-order valence-electron chi connectivity index (χ0n) is 11.1. The van der Waals surface area contributed by atoms with Crippen molar-refractivity contribution in [1.29, 1.82) is 0 Å². The van der Waals surface area contributed by atoms with Crippen LogP contribution in [0.3, 0.4) is 0 Å². The number of nitrogens with two attached hydrogens (primary N) is 1. The van der Waals surface area contributed by atoms with Crippen LogP contribution in [0.2, 0.25) is 0 Å². The first-order valence-electron chi connectivity index (χ1n) is 7.09. The summed E-state index contributed by atoms with van der Waals surface area (Å²) in [6, 6.07) is 0.187. The SMILES string of the molecule is N[C@@H]1CC[C@H](C(=O)NCc2ncc3c(n2)CCC3)C1. The zero-order valence-corrected chi connectivity index (χ0v) is 11.1. The van der Waals surface area contributed by atoms with Gasteiger partial charge in [0, 0.05) is 23.9 Å². The van der Waals surface area contributed by atoms with Gasteiger partial charge in [0.2, 0.25) is 5.91 Å². The third-order valence-corrected chi connectivity index (χ3v) is 4.13. The van der Waals surface area contributed by atoms with E-state index in [1.807, 2.05) is 6.20 Å². The number of nitrogens with one attached hydrogen (secondary N) is 1. The van der Waals surface area contributed by atoms with Crippen LogP contribution in [0.5, 0.6) is 0 Å². The maximum absolute atomic E-state index is 12.0. The molecule has 0 aliphatic heterocycles. The van der Waals surface area contributed by atoms with Gasteiger partial charge in [0.15, 0.2) is 0 Å². The van der Waals surface area contributed by atoms with Crippen LogP contribution in [0, 0.1) is 5.92 Å².